The predicted octanol–water partition coefficient (Wildman–Crippen LogP) is 2.61. The summed E-state index contributed by atoms with van der Waals surface area (Å²) in [7, 11) is 0. The van der Waals surface area contributed by atoms with E-state index in [-0.39, 0.29) is 11.8 Å². The van der Waals surface area contributed by atoms with Crippen LogP contribution < -0.4 is 10.2 Å². The second-order valence-corrected chi connectivity index (χ2v) is 6.82. The van der Waals surface area contributed by atoms with Crippen LogP contribution >= 0.6 is 0 Å². The number of urea groups is 1. The smallest absolute Gasteiger partial charge is 0.321 e. The third kappa shape index (κ3) is 4.86. The van der Waals surface area contributed by atoms with E-state index in [0.29, 0.717) is 24.5 Å². The van der Waals surface area contributed by atoms with Crippen LogP contribution in [0, 0.1) is 5.82 Å². The van der Waals surface area contributed by atoms with E-state index in [2.05, 4.69) is 15.1 Å². The third-order valence-corrected chi connectivity index (χ3v) is 5.06. The average molecular weight is 364 g/mol. The van der Waals surface area contributed by atoms with Gasteiger partial charge in [-0.2, -0.15) is 0 Å². The quantitative estimate of drug-likeness (QED) is 0.789. The van der Waals surface area contributed by atoms with Crippen molar-refractivity contribution in [2.45, 2.75) is 19.8 Å². The topological polar surface area (TPSA) is 48.1 Å². The molecule has 0 aliphatic carbocycles. The zero-order valence-electron chi connectivity index (χ0n) is 15.5. The van der Waals surface area contributed by atoms with Crippen LogP contribution in [0.4, 0.5) is 20.6 Å². The Balaban J connectivity index is 1.48. The summed E-state index contributed by atoms with van der Waals surface area (Å²) in [6.07, 6.45) is 2.21. The lowest BCUT2D eigenvalue weighted by molar-refractivity contribution is 0.0901. The molecule has 1 N–H and O–H groups in total. The fraction of sp³-hybridized carbons (Fsp3) is 0.632. The van der Waals surface area contributed by atoms with Crippen molar-refractivity contribution in [3.05, 3.63) is 24.0 Å². The summed E-state index contributed by atoms with van der Waals surface area (Å²) in [6.45, 7) is 9.16. The van der Waals surface area contributed by atoms with Gasteiger partial charge in [-0.1, -0.05) is 0 Å². The van der Waals surface area contributed by atoms with Crippen molar-refractivity contribution in [3.8, 4) is 0 Å². The maximum Gasteiger partial charge on any atom is 0.321 e. The van der Waals surface area contributed by atoms with Crippen molar-refractivity contribution in [2.75, 3.05) is 69.2 Å². The summed E-state index contributed by atoms with van der Waals surface area (Å²) in [6, 6.07) is 4.81. The van der Waals surface area contributed by atoms with Gasteiger partial charge in [-0.15, -0.1) is 0 Å². The Morgan fingerprint density at radius 2 is 1.88 bits per heavy atom. The first-order chi connectivity index (χ1) is 12.7. The molecular weight excluding hydrogens is 335 g/mol. The summed E-state index contributed by atoms with van der Waals surface area (Å²) in [5.74, 6) is -0.273. The lowest BCUT2D eigenvalue weighted by atomic mass is 10.2. The number of carbonyl (C=O) groups excluding carboxylic acids is 1. The van der Waals surface area contributed by atoms with Gasteiger partial charge in [-0.3, -0.25) is 4.90 Å². The fourth-order valence-electron chi connectivity index (χ4n) is 3.51. The third-order valence-electron chi connectivity index (χ3n) is 5.06. The molecule has 1 aromatic rings. The number of carbonyl (C=O) groups is 1. The normalized spacial score (nSPS) is 18.4. The first-order valence-corrected chi connectivity index (χ1v) is 9.58. The number of benzene rings is 1. The second kappa shape index (κ2) is 9.19. The molecule has 2 aliphatic rings. The molecule has 2 fully saturated rings. The van der Waals surface area contributed by atoms with Crippen LogP contribution in [0.3, 0.4) is 0 Å². The van der Waals surface area contributed by atoms with Gasteiger partial charge in [0.2, 0.25) is 0 Å². The monoisotopic (exact) mass is 364 g/mol. The molecule has 0 atom stereocenters. The Labute approximate surface area is 154 Å². The zero-order chi connectivity index (χ0) is 18.4. The van der Waals surface area contributed by atoms with Crippen molar-refractivity contribution >= 4 is 17.4 Å². The molecule has 0 radical (unpaired) electrons. The molecule has 2 saturated heterocycles. The van der Waals surface area contributed by atoms with Crippen LogP contribution in [-0.4, -0.2) is 74.9 Å². The van der Waals surface area contributed by atoms with E-state index in [1.165, 1.54) is 6.07 Å². The number of halogens is 1. The molecule has 2 amide bonds. The number of nitrogens with zero attached hydrogens (tertiary/aromatic N) is 3. The molecule has 0 bridgehead atoms. The van der Waals surface area contributed by atoms with Gasteiger partial charge in [0.25, 0.3) is 0 Å². The van der Waals surface area contributed by atoms with Gasteiger partial charge in [0.15, 0.2) is 0 Å². The molecule has 144 valence electrons. The van der Waals surface area contributed by atoms with E-state index in [1.54, 1.807) is 17.0 Å². The molecule has 0 saturated carbocycles. The molecule has 0 aromatic heterocycles. The number of nitrogens with one attached hydrogen (secondary N) is 1. The van der Waals surface area contributed by atoms with Gasteiger partial charge < -0.3 is 19.9 Å². The largest absolute Gasteiger partial charge is 0.380 e. The van der Waals surface area contributed by atoms with Gasteiger partial charge in [-0.05, 0) is 38.0 Å². The number of piperazine rings is 1. The van der Waals surface area contributed by atoms with Crippen LogP contribution in [0.15, 0.2) is 18.2 Å². The SMILES string of the molecule is CCOCCN1CCN(C(=O)Nc2ccc(N3CCCC3)c(F)c2)CC1. The molecule has 3 rings (SSSR count). The molecule has 2 aliphatic heterocycles. The summed E-state index contributed by atoms with van der Waals surface area (Å²) < 4.78 is 19.7. The van der Waals surface area contributed by atoms with Crippen molar-refractivity contribution < 1.29 is 13.9 Å². The van der Waals surface area contributed by atoms with E-state index in [9.17, 15) is 9.18 Å². The van der Waals surface area contributed by atoms with Crippen molar-refractivity contribution in [1.29, 1.82) is 0 Å². The Kier molecular flexibility index (Phi) is 6.68. The van der Waals surface area contributed by atoms with Gasteiger partial charge in [0.05, 0.1) is 12.3 Å². The van der Waals surface area contributed by atoms with E-state index in [4.69, 9.17) is 4.74 Å². The van der Waals surface area contributed by atoms with Crippen molar-refractivity contribution in [2.24, 2.45) is 0 Å². The standard InChI is InChI=1S/C19H29FN4O2/c1-2-26-14-13-22-9-11-24(12-10-22)19(25)21-16-5-6-18(17(20)15-16)23-7-3-4-8-23/h5-6,15H,2-4,7-14H2,1H3,(H,21,25). The van der Waals surface area contributed by atoms with Gasteiger partial charge in [0.1, 0.15) is 5.82 Å². The zero-order valence-corrected chi connectivity index (χ0v) is 15.5. The van der Waals surface area contributed by atoms with E-state index >= 15 is 0 Å². The summed E-state index contributed by atoms with van der Waals surface area (Å²) >= 11 is 0. The molecule has 2 heterocycles. The molecular formula is C19H29FN4O2. The molecule has 26 heavy (non-hydrogen) atoms. The number of amides is 2. The summed E-state index contributed by atoms with van der Waals surface area (Å²) in [4.78, 5) is 18.6. The number of anilines is 2. The van der Waals surface area contributed by atoms with Crippen LogP contribution in [0.1, 0.15) is 19.8 Å². The molecule has 6 nitrogen and oxygen atoms in total. The van der Waals surface area contributed by atoms with Gasteiger partial charge >= 0.3 is 6.03 Å². The van der Waals surface area contributed by atoms with Gasteiger partial charge in [0, 0.05) is 58.1 Å². The van der Waals surface area contributed by atoms with Crippen LogP contribution in [-0.2, 0) is 4.74 Å². The highest BCUT2D eigenvalue weighted by Crippen LogP contribution is 2.26. The Hall–Kier alpha value is -1.86. The minimum absolute atomic E-state index is 0.164. The van der Waals surface area contributed by atoms with Crippen LogP contribution in [0.2, 0.25) is 0 Å². The van der Waals surface area contributed by atoms with E-state index < -0.39 is 0 Å². The first-order valence-electron chi connectivity index (χ1n) is 9.58. The Bertz CT molecular complexity index is 599. The summed E-state index contributed by atoms with van der Waals surface area (Å²) in [5, 5.41) is 2.82. The lowest BCUT2D eigenvalue weighted by Crippen LogP contribution is -2.50. The van der Waals surface area contributed by atoms with Crippen LogP contribution in [0.5, 0.6) is 0 Å². The fourth-order valence-corrected chi connectivity index (χ4v) is 3.51. The number of rotatable bonds is 6. The maximum absolute atomic E-state index is 14.4. The highest BCUT2D eigenvalue weighted by Gasteiger charge is 2.22. The highest BCUT2D eigenvalue weighted by atomic mass is 19.1. The van der Waals surface area contributed by atoms with Gasteiger partial charge in [-0.25, -0.2) is 9.18 Å². The number of hydrogen-bond acceptors (Lipinski definition) is 4. The summed E-state index contributed by atoms with van der Waals surface area (Å²) in [5.41, 5.74) is 1.14. The van der Waals surface area contributed by atoms with E-state index in [1.807, 2.05) is 6.92 Å². The molecule has 7 heteroatoms. The predicted molar refractivity (Wildman–Crippen MR) is 101 cm³/mol. The molecule has 0 unspecified atom stereocenters. The number of hydrogen-bond donors (Lipinski definition) is 1. The maximum atomic E-state index is 14.4. The van der Waals surface area contributed by atoms with Crippen molar-refractivity contribution in [3.63, 3.8) is 0 Å². The minimum atomic E-state index is -0.273. The lowest BCUT2D eigenvalue weighted by Gasteiger charge is -2.34. The first kappa shape index (κ1) is 18.9. The highest BCUT2D eigenvalue weighted by molar-refractivity contribution is 5.89. The Morgan fingerprint density at radius 1 is 1.15 bits per heavy atom. The van der Waals surface area contributed by atoms with E-state index in [0.717, 1.165) is 58.8 Å². The number of ether oxygens (including phenoxy) is 1. The second-order valence-electron chi connectivity index (χ2n) is 6.82. The van der Waals surface area contributed by atoms with Crippen molar-refractivity contribution in [1.82, 2.24) is 9.80 Å². The molecule has 0 spiro atoms. The minimum Gasteiger partial charge on any atom is -0.380 e. The van der Waals surface area contributed by atoms with Crippen LogP contribution in [0.25, 0.3) is 0 Å². The average Bonchev–Trinajstić information content (AvgIpc) is 3.17. The molecule has 1 aromatic carbocycles. The Morgan fingerprint density at radius 3 is 2.54 bits per heavy atom.